The van der Waals surface area contributed by atoms with E-state index in [1.807, 2.05) is 4.90 Å². The van der Waals surface area contributed by atoms with Crippen molar-refractivity contribution >= 4 is 22.6 Å². The Morgan fingerprint density at radius 1 is 1.57 bits per heavy atom. The molecule has 122 valence electrons. The van der Waals surface area contributed by atoms with Crippen molar-refractivity contribution in [3.63, 3.8) is 0 Å². The third kappa shape index (κ3) is 2.43. The molecule has 0 bridgehead atoms. The van der Waals surface area contributed by atoms with E-state index in [9.17, 15) is 4.79 Å². The molecule has 0 aromatic carbocycles. The first-order valence-corrected chi connectivity index (χ1v) is 8.79. The number of likely N-dealkylation sites (tertiary alicyclic amines) is 1. The van der Waals surface area contributed by atoms with Gasteiger partial charge in [0.05, 0.1) is 11.8 Å². The zero-order valence-corrected chi connectivity index (χ0v) is 14.1. The number of anilines is 1. The molecule has 2 atom stereocenters. The van der Waals surface area contributed by atoms with Gasteiger partial charge in [0.15, 0.2) is 5.76 Å². The monoisotopic (exact) mass is 332 g/mol. The lowest BCUT2D eigenvalue weighted by molar-refractivity contribution is 0.0754. The molecule has 0 radical (unpaired) electrons. The normalized spacial score (nSPS) is 26.2. The van der Waals surface area contributed by atoms with Crippen LogP contribution in [0.15, 0.2) is 22.8 Å². The Labute approximate surface area is 139 Å². The summed E-state index contributed by atoms with van der Waals surface area (Å²) in [5.74, 6) is 2.08. The van der Waals surface area contributed by atoms with Gasteiger partial charge in [-0.2, -0.15) is 4.37 Å². The maximum Gasteiger partial charge on any atom is 0.289 e. The first-order valence-electron chi connectivity index (χ1n) is 8.02. The molecule has 1 aliphatic heterocycles. The van der Waals surface area contributed by atoms with Crippen molar-refractivity contribution in [2.45, 2.75) is 38.1 Å². The highest BCUT2D eigenvalue weighted by Gasteiger charge is 2.54. The van der Waals surface area contributed by atoms with E-state index in [2.05, 4.69) is 28.5 Å². The van der Waals surface area contributed by atoms with Crippen LogP contribution >= 0.6 is 11.5 Å². The third-order valence-electron chi connectivity index (χ3n) is 4.97. The van der Waals surface area contributed by atoms with Gasteiger partial charge in [-0.15, -0.1) is 0 Å². The molecule has 2 aliphatic rings. The van der Waals surface area contributed by atoms with Crippen molar-refractivity contribution in [1.29, 1.82) is 0 Å². The highest BCUT2D eigenvalue weighted by atomic mass is 32.1. The minimum atomic E-state index is -0.0456. The number of furan rings is 1. The highest BCUT2D eigenvalue weighted by Crippen LogP contribution is 2.47. The molecule has 6 nitrogen and oxygen atoms in total. The third-order valence-corrected chi connectivity index (χ3v) is 5.61. The minimum Gasteiger partial charge on any atom is -0.459 e. The van der Waals surface area contributed by atoms with Crippen molar-refractivity contribution in [2.75, 3.05) is 18.4 Å². The van der Waals surface area contributed by atoms with Crippen LogP contribution in [0.2, 0.25) is 0 Å². The van der Waals surface area contributed by atoms with Gasteiger partial charge in [0, 0.05) is 36.5 Å². The fourth-order valence-electron chi connectivity index (χ4n) is 3.49. The summed E-state index contributed by atoms with van der Waals surface area (Å²) in [5, 5.41) is 4.45. The van der Waals surface area contributed by atoms with Crippen LogP contribution in [0.1, 0.15) is 49.0 Å². The average molecular weight is 332 g/mol. The van der Waals surface area contributed by atoms with Crippen LogP contribution in [0, 0.1) is 5.92 Å². The van der Waals surface area contributed by atoms with Crippen molar-refractivity contribution < 1.29 is 9.21 Å². The lowest BCUT2D eigenvalue weighted by atomic mass is 9.69. The van der Waals surface area contributed by atoms with Crippen LogP contribution in [0.25, 0.3) is 0 Å². The summed E-state index contributed by atoms with van der Waals surface area (Å²) in [6.45, 7) is 5.67. The van der Waals surface area contributed by atoms with Crippen LogP contribution in [0.4, 0.5) is 5.13 Å². The standard InChI is InChI=1S/C16H20N4O2S/c1-10(2)13-17-15(23-19-13)18-16-6-5-11(16)8-20(9-16)14(21)12-4-3-7-22-12/h3-4,7,10-11H,5-6,8-9H2,1-2H3,(H,17,18,19). The van der Waals surface area contributed by atoms with E-state index in [1.54, 1.807) is 18.4 Å². The Balaban J connectivity index is 1.49. The van der Waals surface area contributed by atoms with Crippen molar-refractivity contribution in [1.82, 2.24) is 14.3 Å². The van der Waals surface area contributed by atoms with E-state index in [0.717, 1.165) is 30.3 Å². The topological polar surface area (TPSA) is 71.3 Å². The number of nitrogens with one attached hydrogen (secondary N) is 1. The van der Waals surface area contributed by atoms with Crippen LogP contribution < -0.4 is 5.32 Å². The molecular formula is C16H20N4O2S. The van der Waals surface area contributed by atoms with Crippen molar-refractivity contribution in [2.24, 2.45) is 5.92 Å². The SMILES string of the molecule is CC(C)c1nsc(NC23CCC2CN(C(=O)c2ccco2)C3)n1. The van der Waals surface area contributed by atoms with Gasteiger partial charge in [-0.25, -0.2) is 4.98 Å². The fourth-order valence-corrected chi connectivity index (χ4v) is 4.31. The van der Waals surface area contributed by atoms with E-state index in [-0.39, 0.29) is 11.4 Å². The van der Waals surface area contributed by atoms with Gasteiger partial charge in [-0.3, -0.25) is 4.79 Å². The highest BCUT2D eigenvalue weighted by molar-refractivity contribution is 7.09. The van der Waals surface area contributed by atoms with E-state index < -0.39 is 0 Å². The Hall–Kier alpha value is -1.89. The first-order chi connectivity index (χ1) is 11.1. The van der Waals surface area contributed by atoms with Crippen LogP contribution in [0.5, 0.6) is 0 Å². The van der Waals surface area contributed by atoms with Crippen molar-refractivity contribution in [3.8, 4) is 0 Å². The van der Waals surface area contributed by atoms with E-state index >= 15 is 0 Å². The smallest absolute Gasteiger partial charge is 0.289 e. The molecule has 1 amide bonds. The molecule has 2 aromatic rings. The molecular weight excluding hydrogens is 312 g/mol. The van der Waals surface area contributed by atoms with Gasteiger partial charge in [-0.1, -0.05) is 13.8 Å². The van der Waals surface area contributed by atoms with Crippen LogP contribution in [-0.4, -0.2) is 38.8 Å². The predicted octanol–water partition coefficient (Wildman–Crippen LogP) is 2.97. The summed E-state index contributed by atoms with van der Waals surface area (Å²) in [7, 11) is 0. The maximum atomic E-state index is 12.5. The summed E-state index contributed by atoms with van der Waals surface area (Å²) < 4.78 is 9.65. The maximum absolute atomic E-state index is 12.5. The molecule has 1 N–H and O–H groups in total. The second kappa shape index (κ2) is 5.33. The average Bonchev–Trinajstić information content (AvgIpc) is 3.22. The van der Waals surface area contributed by atoms with E-state index in [1.165, 1.54) is 11.5 Å². The van der Waals surface area contributed by atoms with Gasteiger partial charge in [0.1, 0.15) is 5.82 Å². The molecule has 1 saturated heterocycles. The number of nitrogens with zero attached hydrogens (tertiary/aromatic N) is 3. The molecule has 0 spiro atoms. The number of carbonyl (C=O) groups is 1. The van der Waals surface area contributed by atoms with Gasteiger partial charge in [-0.05, 0) is 25.0 Å². The number of fused-ring (bicyclic) bond motifs is 1. The Bertz CT molecular complexity index is 711. The molecule has 2 aromatic heterocycles. The Kier molecular flexibility index (Phi) is 3.41. The van der Waals surface area contributed by atoms with Gasteiger partial charge >= 0.3 is 0 Å². The summed E-state index contributed by atoms with van der Waals surface area (Å²) >= 11 is 1.41. The number of hydrogen-bond donors (Lipinski definition) is 1. The van der Waals surface area contributed by atoms with Crippen LogP contribution in [0.3, 0.4) is 0 Å². The molecule has 23 heavy (non-hydrogen) atoms. The summed E-state index contributed by atoms with van der Waals surface area (Å²) in [4.78, 5) is 19.0. The zero-order chi connectivity index (χ0) is 16.0. The molecule has 1 aliphatic carbocycles. The number of amides is 1. The van der Waals surface area contributed by atoms with Crippen LogP contribution in [-0.2, 0) is 0 Å². The van der Waals surface area contributed by atoms with Gasteiger partial charge in [0.2, 0.25) is 5.13 Å². The van der Waals surface area contributed by atoms with Crippen molar-refractivity contribution in [3.05, 3.63) is 30.0 Å². The fraction of sp³-hybridized carbons (Fsp3) is 0.562. The van der Waals surface area contributed by atoms with E-state index in [4.69, 9.17) is 4.42 Å². The molecule has 1 saturated carbocycles. The molecule has 4 rings (SSSR count). The Morgan fingerprint density at radius 3 is 3.04 bits per heavy atom. The summed E-state index contributed by atoms with van der Waals surface area (Å²) in [6, 6.07) is 3.48. The Morgan fingerprint density at radius 2 is 2.43 bits per heavy atom. The quantitative estimate of drug-likeness (QED) is 0.932. The largest absolute Gasteiger partial charge is 0.459 e. The first kappa shape index (κ1) is 14.7. The van der Waals surface area contributed by atoms with Gasteiger partial charge < -0.3 is 14.6 Å². The predicted molar refractivity (Wildman–Crippen MR) is 87.7 cm³/mol. The second-order valence-electron chi connectivity index (χ2n) is 6.79. The van der Waals surface area contributed by atoms with Gasteiger partial charge in [0.25, 0.3) is 5.91 Å². The summed E-state index contributed by atoms with van der Waals surface area (Å²) in [6.07, 6.45) is 3.75. The van der Waals surface area contributed by atoms with E-state index in [0.29, 0.717) is 24.1 Å². The number of aromatic nitrogens is 2. The molecule has 2 unspecified atom stereocenters. The number of carbonyl (C=O) groups excluding carboxylic acids is 1. The number of rotatable bonds is 4. The molecule has 7 heteroatoms. The second-order valence-corrected chi connectivity index (χ2v) is 7.54. The number of hydrogen-bond acceptors (Lipinski definition) is 6. The lowest BCUT2D eigenvalue weighted by Gasteiger charge is -2.44. The molecule has 2 fully saturated rings. The minimum absolute atomic E-state index is 0.0225. The molecule has 3 heterocycles. The lowest BCUT2D eigenvalue weighted by Crippen LogP contribution is -2.53. The zero-order valence-electron chi connectivity index (χ0n) is 13.3. The summed E-state index contributed by atoms with van der Waals surface area (Å²) in [5.41, 5.74) is -0.0456.